The van der Waals surface area contributed by atoms with E-state index in [1.165, 1.54) is 25.7 Å². The second-order valence-corrected chi connectivity index (χ2v) is 10.4. The summed E-state index contributed by atoms with van der Waals surface area (Å²) in [6.45, 7) is 4.97. The van der Waals surface area contributed by atoms with Crippen LogP contribution in [0.25, 0.3) is 16.7 Å². The number of amides is 1. The van der Waals surface area contributed by atoms with Gasteiger partial charge in [-0.25, -0.2) is 4.57 Å². The molecular weight excluding hydrogens is 445 g/mol. The van der Waals surface area contributed by atoms with Gasteiger partial charge in [-0.2, -0.15) is 5.10 Å². The first-order chi connectivity index (χ1) is 15.7. The molecule has 0 spiro atoms. The SMILES string of the molecule is COc1ccc2c(C(OP(=O)(O)O)=C(C)C)nn(CC(=O)N3CC[C@@H]4CCCC[C@H]4C3)c2c1. The van der Waals surface area contributed by atoms with Gasteiger partial charge in [0.05, 0.1) is 12.6 Å². The Hall–Kier alpha value is -2.35. The van der Waals surface area contributed by atoms with E-state index < -0.39 is 7.82 Å². The van der Waals surface area contributed by atoms with Crippen molar-refractivity contribution in [1.82, 2.24) is 14.7 Å². The van der Waals surface area contributed by atoms with Crippen LogP contribution in [0.15, 0.2) is 23.8 Å². The molecule has 2 atom stereocenters. The molecule has 0 unspecified atom stereocenters. The molecule has 180 valence electrons. The summed E-state index contributed by atoms with van der Waals surface area (Å²) in [5, 5.41) is 5.20. The molecule has 2 aliphatic rings. The normalized spacial score (nSPS) is 20.9. The third-order valence-corrected chi connectivity index (χ3v) is 7.19. The lowest BCUT2D eigenvalue weighted by molar-refractivity contribution is -0.135. The average Bonchev–Trinajstić information content (AvgIpc) is 3.13. The highest BCUT2D eigenvalue weighted by molar-refractivity contribution is 7.46. The van der Waals surface area contributed by atoms with E-state index in [-0.39, 0.29) is 23.9 Å². The van der Waals surface area contributed by atoms with Crippen molar-refractivity contribution in [2.75, 3.05) is 20.2 Å². The highest BCUT2D eigenvalue weighted by Crippen LogP contribution is 2.44. The largest absolute Gasteiger partial charge is 0.524 e. The minimum absolute atomic E-state index is 0.00699. The number of rotatable bonds is 6. The summed E-state index contributed by atoms with van der Waals surface area (Å²) in [7, 11) is -3.24. The topological polar surface area (TPSA) is 114 Å². The summed E-state index contributed by atoms with van der Waals surface area (Å²) >= 11 is 0. The molecule has 2 heterocycles. The van der Waals surface area contributed by atoms with Crippen LogP contribution in [0.2, 0.25) is 0 Å². The lowest BCUT2D eigenvalue weighted by Crippen LogP contribution is -2.45. The van der Waals surface area contributed by atoms with Crippen molar-refractivity contribution in [3.63, 3.8) is 0 Å². The first kappa shape index (κ1) is 23.8. The van der Waals surface area contributed by atoms with Crippen LogP contribution in [0.5, 0.6) is 5.75 Å². The highest BCUT2D eigenvalue weighted by Gasteiger charge is 2.33. The van der Waals surface area contributed by atoms with Crippen molar-refractivity contribution < 1.29 is 28.4 Å². The third-order valence-electron chi connectivity index (χ3n) is 6.77. The fourth-order valence-electron chi connectivity index (χ4n) is 5.11. The Labute approximate surface area is 193 Å². The van der Waals surface area contributed by atoms with Gasteiger partial charge in [-0.05, 0) is 56.2 Å². The Morgan fingerprint density at radius 3 is 2.58 bits per heavy atom. The van der Waals surface area contributed by atoms with Gasteiger partial charge in [0.2, 0.25) is 5.91 Å². The first-order valence-electron chi connectivity index (χ1n) is 11.4. The van der Waals surface area contributed by atoms with Crippen LogP contribution in [-0.4, -0.2) is 50.6 Å². The van der Waals surface area contributed by atoms with Crippen LogP contribution in [0.3, 0.4) is 0 Å². The monoisotopic (exact) mass is 477 g/mol. The first-order valence-corrected chi connectivity index (χ1v) is 12.9. The number of hydrogen-bond acceptors (Lipinski definition) is 5. The van der Waals surface area contributed by atoms with Crippen molar-refractivity contribution in [2.45, 2.75) is 52.5 Å². The van der Waals surface area contributed by atoms with Gasteiger partial charge in [0, 0.05) is 24.5 Å². The second kappa shape index (κ2) is 9.49. The van der Waals surface area contributed by atoms with Crippen LogP contribution in [0.4, 0.5) is 0 Å². The van der Waals surface area contributed by atoms with E-state index in [2.05, 4.69) is 5.10 Å². The zero-order valence-electron chi connectivity index (χ0n) is 19.4. The van der Waals surface area contributed by atoms with Crippen LogP contribution >= 0.6 is 7.82 Å². The zero-order valence-corrected chi connectivity index (χ0v) is 20.3. The predicted molar refractivity (Wildman–Crippen MR) is 124 cm³/mol. The number of methoxy groups -OCH3 is 1. The summed E-state index contributed by atoms with van der Waals surface area (Å²) in [6, 6.07) is 5.27. The lowest BCUT2D eigenvalue weighted by atomic mass is 9.75. The predicted octanol–water partition coefficient (Wildman–Crippen LogP) is 3.94. The average molecular weight is 477 g/mol. The quantitative estimate of drug-likeness (QED) is 0.478. The van der Waals surface area contributed by atoms with Crippen molar-refractivity contribution in [3.8, 4) is 5.75 Å². The molecule has 0 bridgehead atoms. The number of phosphoric ester groups is 1. The molecule has 2 aromatic rings. The Balaban J connectivity index is 1.66. The Morgan fingerprint density at radius 2 is 1.91 bits per heavy atom. The van der Waals surface area contributed by atoms with Crippen LogP contribution < -0.4 is 4.74 Å². The van der Waals surface area contributed by atoms with Gasteiger partial charge in [0.15, 0.2) is 5.76 Å². The van der Waals surface area contributed by atoms with Gasteiger partial charge in [0.25, 0.3) is 0 Å². The molecule has 1 aliphatic heterocycles. The van der Waals surface area contributed by atoms with E-state index in [9.17, 15) is 19.1 Å². The fraction of sp³-hybridized carbons (Fsp3) is 0.565. The third kappa shape index (κ3) is 5.26. The zero-order chi connectivity index (χ0) is 23.8. The number of aromatic nitrogens is 2. The molecule has 4 rings (SSSR count). The molecule has 2 fully saturated rings. The van der Waals surface area contributed by atoms with E-state index in [0.29, 0.717) is 28.1 Å². The van der Waals surface area contributed by atoms with E-state index in [0.717, 1.165) is 25.4 Å². The van der Waals surface area contributed by atoms with Crippen molar-refractivity contribution in [1.29, 1.82) is 0 Å². The van der Waals surface area contributed by atoms with Crippen molar-refractivity contribution in [2.24, 2.45) is 11.8 Å². The number of allylic oxidation sites excluding steroid dienone is 1. The van der Waals surface area contributed by atoms with Gasteiger partial charge in [-0.3, -0.25) is 19.3 Å². The number of benzene rings is 1. The standard InChI is InChI=1S/C23H32N3O6P/c1-15(2)23(32-33(28,29)30)22-19-9-8-18(31-3)12-20(19)26(24-22)14-21(27)25-11-10-16-6-4-5-7-17(16)13-25/h8-9,12,16-17H,4-7,10-11,13-14H2,1-3H3,(H2,28,29,30)/t16-,17-/m0/s1. The summed E-state index contributed by atoms with van der Waals surface area (Å²) in [4.78, 5) is 34.0. The van der Waals surface area contributed by atoms with E-state index >= 15 is 0 Å². The summed E-state index contributed by atoms with van der Waals surface area (Å²) in [5.74, 6) is 1.91. The Kier molecular flexibility index (Phi) is 6.84. The Morgan fingerprint density at radius 1 is 1.18 bits per heavy atom. The molecule has 1 saturated carbocycles. The molecular formula is C23H32N3O6P. The number of fused-ring (bicyclic) bond motifs is 2. The summed E-state index contributed by atoms with van der Waals surface area (Å²) in [5.41, 5.74) is 1.49. The maximum Gasteiger partial charge on any atom is 0.524 e. The number of ether oxygens (including phenoxy) is 1. The molecule has 0 radical (unpaired) electrons. The number of carbonyl (C=O) groups is 1. The smallest absolute Gasteiger partial charge is 0.497 e. The van der Waals surface area contributed by atoms with E-state index in [1.54, 1.807) is 43.8 Å². The molecule has 2 N–H and O–H groups in total. The van der Waals surface area contributed by atoms with Crippen LogP contribution in [0, 0.1) is 11.8 Å². The molecule has 1 aliphatic carbocycles. The number of nitrogens with zero attached hydrogens (tertiary/aromatic N) is 3. The van der Waals surface area contributed by atoms with E-state index in [1.807, 2.05) is 4.90 Å². The summed E-state index contributed by atoms with van der Waals surface area (Å²) in [6.07, 6.45) is 6.03. The maximum atomic E-state index is 13.2. The second-order valence-electron chi connectivity index (χ2n) is 9.23. The van der Waals surface area contributed by atoms with Crippen molar-refractivity contribution in [3.05, 3.63) is 29.5 Å². The highest BCUT2D eigenvalue weighted by atomic mass is 31.2. The maximum absolute atomic E-state index is 13.2. The fourth-order valence-corrected chi connectivity index (χ4v) is 5.62. The number of piperidine rings is 1. The van der Waals surface area contributed by atoms with Crippen LogP contribution in [0.1, 0.15) is 51.6 Å². The molecule has 1 amide bonds. The summed E-state index contributed by atoms with van der Waals surface area (Å²) < 4.78 is 23.5. The van der Waals surface area contributed by atoms with Gasteiger partial charge < -0.3 is 14.2 Å². The Bertz CT molecular complexity index is 1120. The molecule has 1 aromatic heterocycles. The molecule has 1 saturated heterocycles. The number of hydrogen-bond donors (Lipinski definition) is 2. The molecule has 1 aromatic carbocycles. The van der Waals surface area contributed by atoms with Crippen LogP contribution in [-0.2, 0) is 20.4 Å². The number of carbonyl (C=O) groups excluding carboxylic acids is 1. The molecule has 10 heteroatoms. The van der Waals surface area contributed by atoms with Gasteiger partial charge in [0.1, 0.15) is 18.0 Å². The van der Waals surface area contributed by atoms with Gasteiger partial charge >= 0.3 is 7.82 Å². The minimum atomic E-state index is -4.80. The van der Waals surface area contributed by atoms with E-state index in [4.69, 9.17) is 9.26 Å². The minimum Gasteiger partial charge on any atom is -0.497 e. The number of likely N-dealkylation sites (tertiary alicyclic amines) is 1. The lowest BCUT2D eigenvalue weighted by Gasteiger charge is -2.41. The molecule has 9 nitrogen and oxygen atoms in total. The van der Waals surface area contributed by atoms with Gasteiger partial charge in [-0.15, -0.1) is 0 Å². The van der Waals surface area contributed by atoms with Crippen molar-refractivity contribution >= 4 is 30.4 Å². The van der Waals surface area contributed by atoms with Gasteiger partial charge in [-0.1, -0.05) is 19.3 Å². The molecule has 33 heavy (non-hydrogen) atoms. The number of phosphoric acid groups is 1.